The molecular formula is C28H31ClFN3O4S. The fourth-order valence-electron chi connectivity index (χ4n) is 3.89. The van der Waals surface area contributed by atoms with E-state index in [2.05, 4.69) is 5.32 Å². The van der Waals surface area contributed by atoms with Crippen molar-refractivity contribution in [3.63, 3.8) is 0 Å². The van der Waals surface area contributed by atoms with Gasteiger partial charge in [-0.1, -0.05) is 61.0 Å². The van der Waals surface area contributed by atoms with Crippen LogP contribution >= 0.6 is 11.6 Å². The van der Waals surface area contributed by atoms with Gasteiger partial charge in [0.05, 0.1) is 10.6 Å². The summed E-state index contributed by atoms with van der Waals surface area (Å²) >= 11 is 6.31. The third-order valence-corrected chi connectivity index (χ3v) is 8.32. The predicted octanol–water partition coefficient (Wildman–Crippen LogP) is 4.93. The summed E-state index contributed by atoms with van der Waals surface area (Å²) in [6, 6.07) is 17.5. The number of carbonyl (C=O) groups excluding carboxylic acids is 2. The van der Waals surface area contributed by atoms with Crippen LogP contribution in [-0.4, -0.2) is 44.3 Å². The van der Waals surface area contributed by atoms with Gasteiger partial charge in [0, 0.05) is 23.7 Å². The molecule has 3 aromatic carbocycles. The van der Waals surface area contributed by atoms with Gasteiger partial charge in [0.1, 0.15) is 18.4 Å². The van der Waals surface area contributed by atoms with Crippen molar-refractivity contribution >= 4 is 39.1 Å². The van der Waals surface area contributed by atoms with E-state index in [4.69, 9.17) is 11.6 Å². The summed E-state index contributed by atoms with van der Waals surface area (Å²) in [6.45, 7) is 4.64. The van der Waals surface area contributed by atoms with E-state index in [1.807, 2.05) is 6.92 Å². The first kappa shape index (κ1) is 29.1. The number of rotatable bonds is 11. The summed E-state index contributed by atoms with van der Waals surface area (Å²) in [6.07, 6.45) is 0.691. The lowest BCUT2D eigenvalue weighted by molar-refractivity contribution is -0.139. The molecule has 10 heteroatoms. The highest BCUT2D eigenvalue weighted by molar-refractivity contribution is 7.92. The van der Waals surface area contributed by atoms with Gasteiger partial charge in [0.2, 0.25) is 11.8 Å². The molecule has 0 unspecified atom stereocenters. The zero-order valence-corrected chi connectivity index (χ0v) is 23.1. The van der Waals surface area contributed by atoms with Crippen LogP contribution in [0.3, 0.4) is 0 Å². The monoisotopic (exact) mass is 559 g/mol. The number of nitrogens with one attached hydrogen (secondary N) is 1. The molecule has 0 aliphatic heterocycles. The molecule has 0 spiro atoms. The molecule has 202 valence electrons. The highest BCUT2D eigenvalue weighted by atomic mass is 35.5. The van der Waals surface area contributed by atoms with Crippen molar-refractivity contribution in [2.24, 2.45) is 0 Å². The van der Waals surface area contributed by atoms with Crippen LogP contribution in [0.2, 0.25) is 5.02 Å². The number of carbonyl (C=O) groups is 2. The zero-order valence-electron chi connectivity index (χ0n) is 21.5. The van der Waals surface area contributed by atoms with Gasteiger partial charge in [0.25, 0.3) is 10.0 Å². The van der Waals surface area contributed by atoms with Gasteiger partial charge in [-0.05, 0) is 56.2 Å². The Bertz CT molecular complexity index is 1390. The minimum Gasteiger partial charge on any atom is -0.354 e. The minimum absolute atomic E-state index is 0.0124. The Morgan fingerprint density at radius 2 is 1.66 bits per heavy atom. The Hall–Kier alpha value is -3.43. The van der Waals surface area contributed by atoms with E-state index in [1.54, 1.807) is 49.4 Å². The van der Waals surface area contributed by atoms with E-state index >= 15 is 0 Å². The van der Waals surface area contributed by atoms with Crippen LogP contribution in [0.25, 0.3) is 0 Å². The van der Waals surface area contributed by atoms with Gasteiger partial charge in [0.15, 0.2) is 0 Å². The number of halogens is 2. The smallest absolute Gasteiger partial charge is 0.264 e. The Labute approximate surface area is 228 Å². The Balaban J connectivity index is 2.06. The second kappa shape index (κ2) is 12.9. The van der Waals surface area contributed by atoms with Gasteiger partial charge in [-0.25, -0.2) is 12.8 Å². The van der Waals surface area contributed by atoms with Crippen LogP contribution in [0.15, 0.2) is 77.7 Å². The molecule has 0 saturated carbocycles. The summed E-state index contributed by atoms with van der Waals surface area (Å²) < 4.78 is 43.1. The number of sulfonamides is 1. The number of anilines is 1. The molecule has 0 aliphatic rings. The van der Waals surface area contributed by atoms with E-state index in [1.165, 1.54) is 42.2 Å². The lowest BCUT2D eigenvalue weighted by atomic mass is 10.1. The average molecular weight is 560 g/mol. The molecule has 0 fully saturated rings. The Morgan fingerprint density at radius 3 is 2.32 bits per heavy atom. The molecule has 3 aromatic rings. The van der Waals surface area contributed by atoms with Crippen molar-refractivity contribution in [3.05, 3.63) is 94.8 Å². The molecule has 0 saturated heterocycles. The molecule has 1 atom stereocenters. The van der Waals surface area contributed by atoms with Crippen LogP contribution in [0.1, 0.15) is 31.4 Å². The number of hydrogen-bond acceptors (Lipinski definition) is 4. The highest BCUT2D eigenvalue weighted by Gasteiger charge is 2.33. The topological polar surface area (TPSA) is 86.8 Å². The van der Waals surface area contributed by atoms with Crippen LogP contribution in [0.5, 0.6) is 0 Å². The standard InChI is InChI=1S/C28H31ClFN3O4S/c1-4-17-31-28(35)21(3)32(18-22-11-8-9-15-25(22)30)27(34)19-33(26-16-10-14-24(29)20(26)2)38(36,37)23-12-6-5-7-13-23/h5-16,21H,4,17-19H2,1-3H3,(H,31,35)/t21-/m1/s1. The third kappa shape index (κ3) is 6.71. The maximum atomic E-state index is 14.6. The summed E-state index contributed by atoms with van der Waals surface area (Å²) in [7, 11) is -4.21. The third-order valence-electron chi connectivity index (χ3n) is 6.13. The van der Waals surface area contributed by atoms with E-state index in [0.29, 0.717) is 23.6 Å². The fraction of sp³-hybridized carbons (Fsp3) is 0.286. The minimum atomic E-state index is -4.21. The van der Waals surface area contributed by atoms with Gasteiger partial charge >= 0.3 is 0 Å². The molecule has 7 nitrogen and oxygen atoms in total. The normalized spacial score (nSPS) is 12.0. The largest absolute Gasteiger partial charge is 0.354 e. The second-order valence-electron chi connectivity index (χ2n) is 8.79. The Kier molecular flexibility index (Phi) is 9.88. The van der Waals surface area contributed by atoms with Crippen LogP contribution in [0, 0.1) is 12.7 Å². The highest BCUT2D eigenvalue weighted by Crippen LogP contribution is 2.31. The first-order valence-corrected chi connectivity index (χ1v) is 14.0. The van der Waals surface area contributed by atoms with Crippen molar-refractivity contribution in [2.75, 3.05) is 17.4 Å². The SMILES string of the molecule is CCCNC(=O)[C@@H](C)N(Cc1ccccc1F)C(=O)CN(c1cccc(Cl)c1C)S(=O)(=O)c1ccccc1. The quantitative estimate of drug-likeness (QED) is 0.361. The lowest BCUT2D eigenvalue weighted by Gasteiger charge is -2.32. The summed E-state index contributed by atoms with van der Waals surface area (Å²) in [5.41, 5.74) is 0.895. The van der Waals surface area contributed by atoms with Gasteiger partial charge in [-0.3, -0.25) is 13.9 Å². The van der Waals surface area contributed by atoms with Crippen molar-refractivity contribution in [3.8, 4) is 0 Å². The summed E-state index contributed by atoms with van der Waals surface area (Å²) in [5, 5.41) is 3.08. The average Bonchev–Trinajstić information content (AvgIpc) is 2.91. The van der Waals surface area contributed by atoms with Gasteiger partial charge in [-0.2, -0.15) is 0 Å². The second-order valence-corrected chi connectivity index (χ2v) is 11.1. The van der Waals surface area contributed by atoms with Crippen molar-refractivity contribution in [1.82, 2.24) is 10.2 Å². The predicted molar refractivity (Wildman–Crippen MR) is 147 cm³/mol. The first-order chi connectivity index (χ1) is 18.1. The van der Waals surface area contributed by atoms with Gasteiger partial charge in [-0.15, -0.1) is 0 Å². The number of hydrogen-bond donors (Lipinski definition) is 1. The number of amides is 2. The molecule has 0 aromatic heterocycles. The van der Waals surface area contributed by atoms with Crippen LogP contribution < -0.4 is 9.62 Å². The molecule has 3 rings (SSSR count). The number of nitrogens with zero attached hydrogens (tertiary/aromatic N) is 2. The maximum Gasteiger partial charge on any atom is 0.264 e. The molecular weight excluding hydrogens is 529 g/mol. The fourth-order valence-corrected chi connectivity index (χ4v) is 5.55. The molecule has 0 radical (unpaired) electrons. The summed E-state index contributed by atoms with van der Waals surface area (Å²) in [4.78, 5) is 27.8. The van der Waals surface area contributed by atoms with Crippen molar-refractivity contribution < 1.29 is 22.4 Å². The van der Waals surface area contributed by atoms with E-state index in [0.717, 1.165) is 4.31 Å². The van der Waals surface area contributed by atoms with Crippen molar-refractivity contribution in [1.29, 1.82) is 0 Å². The van der Waals surface area contributed by atoms with E-state index in [9.17, 15) is 22.4 Å². The molecule has 0 bridgehead atoms. The van der Waals surface area contributed by atoms with Gasteiger partial charge < -0.3 is 10.2 Å². The van der Waals surface area contributed by atoms with E-state index < -0.39 is 40.2 Å². The van der Waals surface area contributed by atoms with E-state index in [-0.39, 0.29) is 22.7 Å². The van der Waals surface area contributed by atoms with Crippen LogP contribution in [0.4, 0.5) is 10.1 Å². The van der Waals surface area contributed by atoms with Crippen LogP contribution in [-0.2, 0) is 26.2 Å². The van der Waals surface area contributed by atoms with Crippen molar-refractivity contribution in [2.45, 2.75) is 44.7 Å². The Morgan fingerprint density at radius 1 is 1.00 bits per heavy atom. The first-order valence-electron chi connectivity index (χ1n) is 12.2. The molecule has 0 aliphatic carbocycles. The number of benzene rings is 3. The molecule has 2 amide bonds. The molecule has 38 heavy (non-hydrogen) atoms. The molecule has 0 heterocycles. The zero-order chi connectivity index (χ0) is 27.9. The lowest BCUT2D eigenvalue weighted by Crippen LogP contribution is -2.51. The molecule has 1 N–H and O–H groups in total. The summed E-state index contributed by atoms with van der Waals surface area (Å²) in [5.74, 6) is -1.63. The maximum absolute atomic E-state index is 14.6.